The molecular weight excluding hydrogens is 408 g/mol. The summed E-state index contributed by atoms with van der Waals surface area (Å²) in [7, 11) is 0. The van der Waals surface area contributed by atoms with Crippen LogP contribution < -0.4 is 0 Å². The number of aromatic nitrogens is 3. The van der Waals surface area contributed by atoms with E-state index in [0.29, 0.717) is 55.7 Å². The summed E-state index contributed by atoms with van der Waals surface area (Å²) in [5, 5.41) is 3.92. The topological polar surface area (TPSA) is 95.7 Å². The Morgan fingerprint density at radius 3 is 2.66 bits per heavy atom. The highest BCUT2D eigenvalue weighted by molar-refractivity contribution is 5.94. The summed E-state index contributed by atoms with van der Waals surface area (Å²) in [5.41, 5.74) is 0.510. The van der Waals surface area contributed by atoms with E-state index in [9.17, 15) is 9.59 Å². The number of hydrogen-bond acceptors (Lipinski definition) is 7. The number of hydrogen-bond donors (Lipinski definition) is 0. The fraction of sp³-hybridized carbons (Fsp3) is 0.609. The number of carbonyl (C=O) groups excluding carboxylic acids is 2. The lowest BCUT2D eigenvalue weighted by atomic mass is 9.93. The summed E-state index contributed by atoms with van der Waals surface area (Å²) in [5.74, 6) is 1.32. The number of aryl methyl sites for hydroxylation is 1. The minimum absolute atomic E-state index is 0.139. The Morgan fingerprint density at radius 1 is 1.19 bits per heavy atom. The molecule has 4 heterocycles. The Bertz CT molecular complexity index is 909. The van der Waals surface area contributed by atoms with Crippen LogP contribution in [-0.2, 0) is 4.79 Å². The second-order valence-electron chi connectivity index (χ2n) is 8.71. The molecule has 0 saturated carbocycles. The van der Waals surface area contributed by atoms with Gasteiger partial charge in [0.2, 0.25) is 5.91 Å². The Hall–Kier alpha value is -2.81. The van der Waals surface area contributed by atoms with Crippen LogP contribution in [-0.4, -0.2) is 80.9 Å². The van der Waals surface area contributed by atoms with E-state index in [-0.39, 0.29) is 11.8 Å². The van der Waals surface area contributed by atoms with Gasteiger partial charge in [0.1, 0.15) is 6.04 Å². The first-order valence-electron chi connectivity index (χ1n) is 11.6. The first-order chi connectivity index (χ1) is 15.5. The maximum atomic E-state index is 13.3. The van der Waals surface area contributed by atoms with Crippen molar-refractivity contribution < 1.29 is 14.1 Å². The van der Waals surface area contributed by atoms with Crippen molar-refractivity contribution in [2.24, 2.45) is 5.92 Å². The van der Waals surface area contributed by atoms with Gasteiger partial charge in [-0.2, -0.15) is 4.98 Å². The van der Waals surface area contributed by atoms with Crippen LogP contribution in [0.2, 0.25) is 0 Å². The molecule has 2 aromatic heterocycles. The lowest BCUT2D eigenvalue weighted by Crippen LogP contribution is -2.41. The lowest BCUT2D eigenvalue weighted by Gasteiger charge is -2.33. The van der Waals surface area contributed by atoms with Crippen molar-refractivity contribution in [3.8, 4) is 0 Å². The van der Waals surface area contributed by atoms with Crippen molar-refractivity contribution in [1.82, 2.24) is 29.8 Å². The van der Waals surface area contributed by atoms with Gasteiger partial charge in [-0.05, 0) is 63.9 Å². The van der Waals surface area contributed by atoms with E-state index < -0.39 is 6.04 Å². The van der Waals surface area contributed by atoms with Crippen LogP contribution in [0.25, 0.3) is 0 Å². The Balaban J connectivity index is 1.50. The van der Waals surface area contributed by atoms with Crippen LogP contribution in [0.5, 0.6) is 0 Å². The van der Waals surface area contributed by atoms with Crippen molar-refractivity contribution in [1.29, 1.82) is 0 Å². The van der Waals surface area contributed by atoms with E-state index in [1.54, 1.807) is 36.4 Å². The van der Waals surface area contributed by atoms with Crippen molar-refractivity contribution in [3.63, 3.8) is 0 Å². The van der Waals surface area contributed by atoms with E-state index in [4.69, 9.17) is 4.52 Å². The third kappa shape index (κ3) is 5.15. The molecular formula is C23H32N6O3. The standard InChI is InChI=1S/C23H32N6O3/c1-3-27-12-7-18(8-13-27)14-21(30)28-10-5-11-29(23(31)19-6-4-9-24-15-19)20(16-28)22-25-17(2)26-32-22/h4,6,9,15,18,20H,3,5,7-8,10-14,16H2,1-2H3. The molecule has 0 radical (unpaired) electrons. The van der Waals surface area contributed by atoms with Crippen molar-refractivity contribution >= 4 is 11.8 Å². The van der Waals surface area contributed by atoms with Crippen molar-refractivity contribution in [2.75, 3.05) is 39.3 Å². The van der Waals surface area contributed by atoms with Gasteiger partial charge in [0, 0.05) is 31.9 Å². The molecule has 2 aromatic rings. The number of piperidine rings is 1. The van der Waals surface area contributed by atoms with Gasteiger partial charge in [-0.3, -0.25) is 14.6 Å². The molecule has 2 saturated heterocycles. The third-order valence-corrected chi connectivity index (χ3v) is 6.56. The van der Waals surface area contributed by atoms with E-state index in [2.05, 4.69) is 26.9 Å². The van der Waals surface area contributed by atoms with Crippen LogP contribution in [0.15, 0.2) is 29.0 Å². The molecule has 1 atom stereocenters. The number of likely N-dealkylation sites (tertiary alicyclic amines) is 1. The van der Waals surface area contributed by atoms with Gasteiger partial charge in [0.05, 0.1) is 12.1 Å². The molecule has 0 spiro atoms. The summed E-state index contributed by atoms with van der Waals surface area (Å²) in [4.78, 5) is 41.1. The maximum Gasteiger partial charge on any atom is 0.256 e. The fourth-order valence-corrected chi connectivity index (χ4v) is 4.65. The molecule has 32 heavy (non-hydrogen) atoms. The fourth-order valence-electron chi connectivity index (χ4n) is 4.65. The third-order valence-electron chi connectivity index (χ3n) is 6.56. The van der Waals surface area contributed by atoms with Gasteiger partial charge >= 0.3 is 0 Å². The minimum Gasteiger partial charge on any atom is -0.340 e. The summed E-state index contributed by atoms with van der Waals surface area (Å²) >= 11 is 0. The van der Waals surface area contributed by atoms with Gasteiger partial charge < -0.3 is 19.2 Å². The molecule has 2 aliphatic rings. The molecule has 1 unspecified atom stereocenters. The van der Waals surface area contributed by atoms with Crippen molar-refractivity contribution in [3.05, 3.63) is 41.8 Å². The average Bonchev–Trinajstić information content (AvgIpc) is 3.13. The second-order valence-corrected chi connectivity index (χ2v) is 8.71. The molecule has 9 heteroatoms. The molecule has 0 aromatic carbocycles. The number of nitrogens with zero attached hydrogens (tertiary/aromatic N) is 6. The molecule has 2 fully saturated rings. The maximum absolute atomic E-state index is 13.3. The van der Waals surface area contributed by atoms with Gasteiger partial charge in [0.15, 0.2) is 5.82 Å². The second kappa shape index (κ2) is 10.2. The highest BCUT2D eigenvalue weighted by atomic mass is 16.5. The number of pyridine rings is 1. The Morgan fingerprint density at radius 2 is 2.00 bits per heavy atom. The highest BCUT2D eigenvalue weighted by Crippen LogP contribution is 2.28. The predicted octanol–water partition coefficient (Wildman–Crippen LogP) is 2.31. The van der Waals surface area contributed by atoms with E-state index in [0.717, 1.165) is 32.5 Å². The normalized spacial score (nSPS) is 20.9. The Labute approximate surface area is 188 Å². The lowest BCUT2D eigenvalue weighted by molar-refractivity contribution is -0.133. The van der Waals surface area contributed by atoms with Crippen LogP contribution >= 0.6 is 0 Å². The SMILES string of the molecule is CCN1CCC(CC(=O)N2CCCN(C(=O)c3cccnc3)C(c3nc(C)no3)C2)CC1. The summed E-state index contributed by atoms with van der Waals surface area (Å²) in [6, 6.07) is 3.02. The molecule has 2 amide bonds. The summed E-state index contributed by atoms with van der Waals surface area (Å²) in [6.45, 7) is 8.62. The molecule has 9 nitrogen and oxygen atoms in total. The monoisotopic (exact) mass is 440 g/mol. The van der Waals surface area contributed by atoms with E-state index >= 15 is 0 Å². The molecule has 0 aliphatic carbocycles. The van der Waals surface area contributed by atoms with Crippen LogP contribution in [0.4, 0.5) is 0 Å². The molecule has 172 valence electrons. The van der Waals surface area contributed by atoms with Gasteiger partial charge in [-0.15, -0.1) is 0 Å². The zero-order chi connectivity index (χ0) is 22.5. The minimum atomic E-state index is -0.475. The first kappa shape index (κ1) is 22.4. The molecule has 0 N–H and O–H groups in total. The largest absolute Gasteiger partial charge is 0.340 e. The number of carbonyl (C=O) groups is 2. The van der Waals surface area contributed by atoms with Gasteiger partial charge in [0.25, 0.3) is 11.8 Å². The predicted molar refractivity (Wildman–Crippen MR) is 118 cm³/mol. The van der Waals surface area contributed by atoms with Crippen molar-refractivity contribution in [2.45, 2.75) is 45.6 Å². The summed E-state index contributed by atoms with van der Waals surface area (Å²) in [6.07, 6.45) is 6.59. The zero-order valence-electron chi connectivity index (χ0n) is 18.9. The van der Waals surface area contributed by atoms with Crippen LogP contribution in [0, 0.1) is 12.8 Å². The molecule has 2 aliphatic heterocycles. The van der Waals surface area contributed by atoms with Crippen LogP contribution in [0.3, 0.4) is 0 Å². The smallest absolute Gasteiger partial charge is 0.256 e. The van der Waals surface area contributed by atoms with Crippen LogP contribution in [0.1, 0.15) is 60.7 Å². The number of amides is 2. The van der Waals surface area contributed by atoms with Gasteiger partial charge in [-0.25, -0.2) is 0 Å². The average molecular weight is 441 g/mol. The Kier molecular flexibility index (Phi) is 7.14. The van der Waals surface area contributed by atoms with Gasteiger partial charge in [-0.1, -0.05) is 12.1 Å². The number of rotatable bonds is 5. The summed E-state index contributed by atoms with van der Waals surface area (Å²) < 4.78 is 5.46. The first-order valence-corrected chi connectivity index (χ1v) is 11.6. The van der Waals surface area contributed by atoms with E-state index in [1.807, 2.05) is 4.90 Å². The highest BCUT2D eigenvalue weighted by Gasteiger charge is 2.36. The molecule has 0 bridgehead atoms. The van der Waals surface area contributed by atoms with E-state index in [1.165, 1.54) is 0 Å². The zero-order valence-corrected chi connectivity index (χ0v) is 18.9. The quantitative estimate of drug-likeness (QED) is 0.704. The molecule has 4 rings (SSSR count).